The summed E-state index contributed by atoms with van der Waals surface area (Å²) < 4.78 is 19.8. The van der Waals surface area contributed by atoms with Gasteiger partial charge in [-0.25, -0.2) is 4.39 Å². The Hall–Kier alpha value is -3.13. The smallest absolute Gasteiger partial charge is 0.250 e. The largest absolute Gasteiger partial charge is 0.457 e. The molecular weight excluding hydrogens is 528 g/mol. The number of alkyl halides is 1. The lowest BCUT2D eigenvalue weighted by molar-refractivity contribution is -0.136. The Balaban J connectivity index is 0.00000400. The van der Waals surface area contributed by atoms with Crippen molar-refractivity contribution >= 4 is 41.5 Å². The van der Waals surface area contributed by atoms with Gasteiger partial charge >= 0.3 is 0 Å². The lowest BCUT2D eigenvalue weighted by atomic mass is 9.99. The van der Waals surface area contributed by atoms with E-state index in [1.165, 1.54) is 17.0 Å². The molecule has 1 heterocycles. The molecule has 202 valence electrons. The van der Waals surface area contributed by atoms with Crippen LogP contribution in [0.15, 0.2) is 72.8 Å². The number of halogens is 3. The van der Waals surface area contributed by atoms with Gasteiger partial charge in [0.25, 0.3) is 5.91 Å². The zero-order valence-corrected chi connectivity index (χ0v) is 23.1. The van der Waals surface area contributed by atoms with E-state index in [0.29, 0.717) is 35.8 Å². The average Bonchev–Trinajstić information content (AvgIpc) is 2.88. The van der Waals surface area contributed by atoms with Crippen molar-refractivity contribution in [2.24, 2.45) is 0 Å². The molecule has 4 rings (SSSR count). The number of aryl methyl sites for hydroxylation is 1. The van der Waals surface area contributed by atoms with Crippen LogP contribution in [0.2, 0.25) is 0 Å². The maximum absolute atomic E-state index is 14.1. The third kappa shape index (κ3) is 6.84. The number of rotatable bonds is 7. The predicted molar refractivity (Wildman–Crippen MR) is 151 cm³/mol. The standard InChI is InChI=1S/C29H31ClFN3O3.ClH/c1-19-15-25(37-24-7-5-4-6-8-24)13-14-26(19)34(27(35)16-30)28(22-9-11-23(31)12-10-22)29(36)33-17-20(2)32-21(3)18-33;/h4-15,20-21,28,32H,16-18H2,1-3H3;1H/t20-,21+,28?;. The van der Waals surface area contributed by atoms with E-state index in [1.54, 1.807) is 29.2 Å². The number of hydrogen-bond acceptors (Lipinski definition) is 4. The Morgan fingerprint density at radius 1 is 1.03 bits per heavy atom. The molecule has 1 N–H and O–H groups in total. The van der Waals surface area contributed by atoms with Gasteiger partial charge in [-0.05, 0) is 74.4 Å². The third-order valence-corrected chi connectivity index (χ3v) is 6.57. The minimum atomic E-state index is -1.01. The van der Waals surface area contributed by atoms with Gasteiger partial charge in [0.05, 0.1) is 0 Å². The van der Waals surface area contributed by atoms with Crippen LogP contribution < -0.4 is 15.0 Å². The fraction of sp³-hybridized carbons (Fsp3) is 0.310. The number of para-hydroxylation sites is 1. The highest BCUT2D eigenvalue weighted by atomic mass is 35.5. The molecule has 3 aromatic rings. The number of amides is 2. The van der Waals surface area contributed by atoms with Crippen LogP contribution in [0.1, 0.15) is 31.0 Å². The Kier molecular flexibility index (Phi) is 10.1. The fourth-order valence-electron chi connectivity index (χ4n) is 4.80. The first kappa shape index (κ1) is 29.4. The van der Waals surface area contributed by atoms with Crippen LogP contribution >= 0.6 is 24.0 Å². The number of hydrogen-bond donors (Lipinski definition) is 1. The van der Waals surface area contributed by atoms with Crippen molar-refractivity contribution < 1.29 is 18.7 Å². The van der Waals surface area contributed by atoms with E-state index < -0.39 is 17.8 Å². The molecule has 1 aliphatic rings. The Labute approximate surface area is 234 Å². The molecule has 9 heteroatoms. The minimum absolute atomic E-state index is 0. The maximum atomic E-state index is 14.1. The maximum Gasteiger partial charge on any atom is 0.250 e. The van der Waals surface area contributed by atoms with Gasteiger partial charge in [-0.2, -0.15) is 0 Å². The van der Waals surface area contributed by atoms with Crippen molar-refractivity contribution in [1.29, 1.82) is 0 Å². The SMILES string of the molecule is Cc1cc(Oc2ccccc2)ccc1N(C(=O)CCl)C(C(=O)N1C[C@@H](C)N[C@@H](C)C1)c1ccc(F)cc1.Cl. The average molecular weight is 560 g/mol. The zero-order valence-electron chi connectivity index (χ0n) is 21.6. The monoisotopic (exact) mass is 559 g/mol. The summed E-state index contributed by atoms with van der Waals surface area (Å²) in [5, 5.41) is 3.42. The van der Waals surface area contributed by atoms with Gasteiger partial charge in [0.1, 0.15) is 29.2 Å². The normalized spacial score (nSPS) is 17.8. The second-order valence-electron chi connectivity index (χ2n) is 9.43. The number of carbonyl (C=O) groups excluding carboxylic acids is 2. The van der Waals surface area contributed by atoms with E-state index in [1.807, 2.05) is 57.2 Å². The molecule has 3 aromatic carbocycles. The quantitative estimate of drug-likeness (QED) is 0.368. The van der Waals surface area contributed by atoms with E-state index in [2.05, 4.69) is 5.32 Å². The van der Waals surface area contributed by atoms with Crippen molar-refractivity contribution in [3.8, 4) is 11.5 Å². The molecule has 2 amide bonds. The molecule has 0 spiro atoms. The van der Waals surface area contributed by atoms with Gasteiger partial charge in [0, 0.05) is 30.9 Å². The molecule has 6 nitrogen and oxygen atoms in total. The molecule has 1 saturated heterocycles. The Morgan fingerprint density at radius 3 is 2.24 bits per heavy atom. The number of anilines is 1. The van der Waals surface area contributed by atoms with E-state index >= 15 is 0 Å². The van der Waals surface area contributed by atoms with Crippen LogP contribution in [0.4, 0.5) is 10.1 Å². The molecule has 0 radical (unpaired) electrons. The summed E-state index contributed by atoms with van der Waals surface area (Å²) >= 11 is 6.07. The predicted octanol–water partition coefficient (Wildman–Crippen LogP) is 5.87. The van der Waals surface area contributed by atoms with E-state index in [4.69, 9.17) is 16.3 Å². The van der Waals surface area contributed by atoms with Crippen LogP contribution in [-0.4, -0.2) is 47.8 Å². The van der Waals surface area contributed by atoms with Gasteiger partial charge in [0.2, 0.25) is 5.91 Å². The van der Waals surface area contributed by atoms with Gasteiger partial charge in [-0.1, -0.05) is 30.3 Å². The van der Waals surface area contributed by atoms with Crippen LogP contribution in [0.25, 0.3) is 0 Å². The molecular formula is C29H32Cl2FN3O3. The first-order valence-corrected chi connectivity index (χ1v) is 12.8. The van der Waals surface area contributed by atoms with Gasteiger partial charge < -0.3 is 15.0 Å². The highest BCUT2D eigenvalue weighted by Crippen LogP contribution is 2.35. The molecule has 0 aliphatic carbocycles. The van der Waals surface area contributed by atoms with Gasteiger partial charge in [-0.15, -0.1) is 24.0 Å². The van der Waals surface area contributed by atoms with Crippen LogP contribution in [0.5, 0.6) is 11.5 Å². The molecule has 1 aliphatic heterocycles. The lowest BCUT2D eigenvalue weighted by Gasteiger charge is -2.40. The summed E-state index contributed by atoms with van der Waals surface area (Å²) in [6.07, 6.45) is 0. The van der Waals surface area contributed by atoms with E-state index in [0.717, 1.165) is 5.56 Å². The van der Waals surface area contributed by atoms with Crippen LogP contribution in [0, 0.1) is 12.7 Å². The molecule has 0 aromatic heterocycles. The first-order valence-electron chi connectivity index (χ1n) is 12.3. The second-order valence-corrected chi connectivity index (χ2v) is 9.69. The summed E-state index contributed by atoms with van der Waals surface area (Å²) in [5.74, 6) is -0.131. The molecule has 0 saturated carbocycles. The number of nitrogens with one attached hydrogen (secondary N) is 1. The molecule has 1 unspecified atom stereocenters. The molecule has 38 heavy (non-hydrogen) atoms. The zero-order chi connectivity index (χ0) is 26.5. The topological polar surface area (TPSA) is 61.9 Å². The van der Waals surface area contributed by atoms with Crippen molar-refractivity contribution in [3.05, 3.63) is 89.7 Å². The van der Waals surface area contributed by atoms with Crippen LogP contribution in [-0.2, 0) is 9.59 Å². The highest BCUT2D eigenvalue weighted by Gasteiger charge is 2.38. The molecule has 3 atom stereocenters. The van der Waals surface area contributed by atoms with E-state index in [9.17, 15) is 14.0 Å². The van der Waals surface area contributed by atoms with Crippen molar-refractivity contribution in [1.82, 2.24) is 10.2 Å². The number of benzene rings is 3. The van der Waals surface area contributed by atoms with Gasteiger partial charge in [-0.3, -0.25) is 14.5 Å². The summed E-state index contributed by atoms with van der Waals surface area (Å²) in [6.45, 7) is 6.86. The van der Waals surface area contributed by atoms with Crippen LogP contribution in [0.3, 0.4) is 0 Å². The second kappa shape index (κ2) is 13.1. The number of ether oxygens (including phenoxy) is 1. The number of carbonyl (C=O) groups is 2. The van der Waals surface area contributed by atoms with Gasteiger partial charge in [0.15, 0.2) is 0 Å². The summed E-state index contributed by atoms with van der Waals surface area (Å²) in [6, 6.07) is 19.6. The molecule has 0 bridgehead atoms. The minimum Gasteiger partial charge on any atom is -0.457 e. The summed E-state index contributed by atoms with van der Waals surface area (Å²) in [5.41, 5.74) is 1.77. The summed E-state index contributed by atoms with van der Waals surface area (Å²) in [4.78, 5) is 30.6. The summed E-state index contributed by atoms with van der Waals surface area (Å²) in [7, 11) is 0. The first-order chi connectivity index (χ1) is 17.8. The van der Waals surface area contributed by atoms with E-state index in [-0.39, 0.29) is 36.3 Å². The third-order valence-electron chi connectivity index (χ3n) is 6.34. The Bertz CT molecular complexity index is 1230. The fourth-order valence-corrected chi connectivity index (χ4v) is 4.92. The van der Waals surface area contributed by atoms with Crippen molar-refractivity contribution in [3.63, 3.8) is 0 Å². The molecule has 1 fully saturated rings. The lowest BCUT2D eigenvalue weighted by Crippen LogP contribution is -2.58. The number of nitrogens with zero attached hydrogens (tertiary/aromatic N) is 2. The van der Waals surface area contributed by atoms with Crippen molar-refractivity contribution in [2.45, 2.75) is 38.9 Å². The number of piperazine rings is 1. The van der Waals surface area contributed by atoms with Crippen molar-refractivity contribution in [2.75, 3.05) is 23.9 Å². The highest BCUT2D eigenvalue weighted by molar-refractivity contribution is 6.30. The Morgan fingerprint density at radius 2 is 1.66 bits per heavy atom.